The Morgan fingerprint density at radius 2 is 1.85 bits per heavy atom. The number of benzene rings is 2. The van der Waals surface area contributed by atoms with Gasteiger partial charge < -0.3 is 20.3 Å². The molecule has 0 bridgehead atoms. The summed E-state index contributed by atoms with van der Waals surface area (Å²) in [4.78, 5) is 23.6. The van der Waals surface area contributed by atoms with Gasteiger partial charge in [0.25, 0.3) is 6.43 Å². The van der Waals surface area contributed by atoms with Gasteiger partial charge in [0.15, 0.2) is 15.7 Å². The number of nitrogens with one attached hydrogen (secondary N) is 2. The molecule has 1 saturated carbocycles. The highest BCUT2D eigenvalue weighted by Gasteiger charge is 2.58. The molecule has 0 spiro atoms. The zero-order valence-corrected chi connectivity index (χ0v) is 23.2. The van der Waals surface area contributed by atoms with Gasteiger partial charge >= 0.3 is 6.03 Å². The Morgan fingerprint density at radius 1 is 1.15 bits per heavy atom. The van der Waals surface area contributed by atoms with Crippen LogP contribution in [0.3, 0.4) is 0 Å². The second kappa shape index (κ2) is 11.3. The lowest BCUT2D eigenvalue weighted by molar-refractivity contribution is 0.0985. The average Bonchev–Trinajstić information content (AvgIpc) is 3.76. The highest BCUT2D eigenvalue weighted by molar-refractivity contribution is 7.92. The van der Waals surface area contributed by atoms with E-state index >= 15 is 0 Å². The van der Waals surface area contributed by atoms with Gasteiger partial charge in [0, 0.05) is 28.9 Å². The number of morpholine rings is 1. The number of hydrogen-bond acceptors (Lipinski definition) is 7. The van der Waals surface area contributed by atoms with E-state index in [-0.39, 0.29) is 10.9 Å². The molecule has 1 aliphatic carbocycles. The van der Waals surface area contributed by atoms with Gasteiger partial charge in [0.2, 0.25) is 0 Å². The summed E-state index contributed by atoms with van der Waals surface area (Å²) >= 11 is 6.00. The molecule has 9 nitrogen and oxygen atoms in total. The van der Waals surface area contributed by atoms with E-state index in [4.69, 9.17) is 26.3 Å². The number of carbonyl (C=O) groups excluding carboxylic acids is 1. The number of alkyl halides is 2. The quantitative estimate of drug-likeness (QED) is 0.384. The van der Waals surface area contributed by atoms with Gasteiger partial charge in [-0.2, -0.15) is 0 Å². The summed E-state index contributed by atoms with van der Waals surface area (Å²) in [6.07, 6.45) is -1.81. The third kappa shape index (κ3) is 5.74. The molecule has 1 aromatic heterocycles. The fourth-order valence-corrected chi connectivity index (χ4v) is 6.77. The van der Waals surface area contributed by atoms with Crippen molar-refractivity contribution in [3.05, 3.63) is 65.3 Å². The molecule has 2 aliphatic rings. The molecule has 2 heterocycles. The Bertz CT molecular complexity index is 1490. The van der Waals surface area contributed by atoms with Crippen LogP contribution in [0.5, 0.6) is 0 Å². The van der Waals surface area contributed by atoms with Gasteiger partial charge in [-0.25, -0.2) is 32.0 Å². The van der Waals surface area contributed by atoms with Crippen molar-refractivity contribution in [2.75, 3.05) is 36.5 Å². The number of carbonyl (C=O) groups is 1. The Balaban J connectivity index is 1.51. The molecular formula is C27H28ClF2N5O4S. The summed E-state index contributed by atoms with van der Waals surface area (Å²) in [5.41, 5.74) is 1.40. The number of anilines is 2. The lowest BCUT2D eigenvalue weighted by Crippen LogP contribution is -2.44. The van der Waals surface area contributed by atoms with Crippen LogP contribution in [0.1, 0.15) is 25.5 Å². The first kappa shape index (κ1) is 28.2. The minimum Gasteiger partial charge on any atom is -0.377 e. The molecule has 212 valence electrons. The SMILES string of the molecule is C[C@H]1COCCN1c1cc(C2(S(=O)(=O)c3ccc(Cl)cc3)CC2)nc(-c2ccc(NC(=O)NCC(F)F)cc2)n1. The third-order valence-corrected chi connectivity index (χ3v) is 9.79. The van der Waals surface area contributed by atoms with E-state index in [1.54, 1.807) is 42.5 Å². The number of urea groups is 1. The minimum atomic E-state index is -3.79. The number of aromatic nitrogens is 2. The largest absolute Gasteiger partial charge is 0.377 e. The van der Waals surface area contributed by atoms with E-state index < -0.39 is 33.6 Å². The van der Waals surface area contributed by atoms with Crippen molar-refractivity contribution < 1.29 is 26.7 Å². The van der Waals surface area contributed by atoms with Gasteiger partial charge in [-0.1, -0.05) is 11.6 Å². The molecule has 40 heavy (non-hydrogen) atoms. The predicted octanol–water partition coefficient (Wildman–Crippen LogP) is 4.87. The fraction of sp³-hybridized carbons (Fsp3) is 0.370. The molecule has 2 fully saturated rings. The van der Waals surface area contributed by atoms with Crippen molar-refractivity contribution >= 4 is 39.0 Å². The van der Waals surface area contributed by atoms with Crippen LogP contribution >= 0.6 is 11.6 Å². The molecule has 0 unspecified atom stereocenters. The molecule has 2 N–H and O–H groups in total. The third-order valence-electron chi connectivity index (χ3n) is 7.00. The predicted molar refractivity (Wildman–Crippen MR) is 148 cm³/mol. The molecule has 2 amide bonds. The molecule has 1 saturated heterocycles. The van der Waals surface area contributed by atoms with Gasteiger partial charge in [-0.15, -0.1) is 0 Å². The highest BCUT2D eigenvalue weighted by Crippen LogP contribution is 2.55. The molecule has 5 rings (SSSR count). The van der Waals surface area contributed by atoms with Crippen LogP contribution in [0.2, 0.25) is 5.02 Å². The maximum atomic E-state index is 13.8. The van der Waals surface area contributed by atoms with E-state index in [1.807, 2.05) is 6.92 Å². The topological polar surface area (TPSA) is 114 Å². The number of amides is 2. The summed E-state index contributed by atoms with van der Waals surface area (Å²) in [7, 11) is -3.79. The summed E-state index contributed by atoms with van der Waals surface area (Å²) in [6, 6.07) is 13.7. The Kier molecular flexibility index (Phi) is 7.94. The van der Waals surface area contributed by atoms with E-state index in [0.717, 1.165) is 0 Å². The molecular weight excluding hydrogens is 564 g/mol. The number of rotatable bonds is 8. The van der Waals surface area contributed by atoms with Crippen LogP contribution in [0, 0.1) is 0 Å². The lowest BCUT2D eigenvalue weighted by Gasteiger charge is -2.34. The first-order chi connectivity index (χ1) is 19.1. The minimum absolute atomic E-state index is 0.0192. The maximum Gasteiger partial charge on any atom is 0.319 e. The molecule has 2 aromatic carbocycles. The normalized spacial score (nSPS) is 18.4. The van der Waals surface area contributed by atoms with Crippen molar-refractivity contribution in [3.8, 4) is 11.4 Å². The van der Waals surface area contributed by atoms with Crippen molar-refractivity contribution in [2.24, 2.45) is 0 Å². The smallest absolute Gasteiger partial charge is 0.319 e. The van der Waals surface area contributed by atoms with Crippen molar-refractivity contribution in [1.29, 1.82) is 0 Å². The van der Waals surface area contributed by atoms with Gasteiger partial charge in [0.05, 0.1) is 36.4 Å². The van der Waals surface area contributed by atoms with E-state index in [2.05, 4.69) is 15.5 Å². The Hall–Kier alpha value is -3.35. The van der Waals surface area contributed by atoms with E-state index in [0.29, 0.717) is 66.2 Å². The number of hydrogen-bond donors (Lipinski definition) is 2. The van der Waals surface area contributed by atoms with Crippen LogP contribution in [-0.2, 0) is 19.3 Å². The second-order valence-corrected chi connectivity index (χ2v) is 12.5. The van der Waals surface area contributed by atoms with Gasteiger partial charge in [-0.3, -0.25) is 0 Å². The summed E-state index contributed by atoms with van der Waals surface area (Å²) in [6.45, 7) is 2.87. The standard InChI is InChI=1S/C27H28ClF2N5O4S/c1-17-16-39-13-12-35(17)24-14-22(27(10-11-27)40(37,38)21-8-4-19(28)5-9-21)33-25(34-24)18-2-6-20(7-3-18)32-26(36)31-15-23(29)30/h2-9,14,17,23H,10-13,15-16H2,1H3,(H2,31,32,36)/t17-/m0/s1. The Morgan fingerprint density at radius 3 is 2.48 bits per heavy atom. The fourth-order valence-electron chi connectivity index (χ4n) is 4.67. The summed E-state index contributed by atoms with van der Waals surface area (Å²) < 4.78 is 56.8. The van der Waals surface area contributed by atoms with E-state index in [9.17, 15) is 22.0 Å². The van der Waals surface area contributed by atoms with Crippen LogP contribution in [0.15, 0.2) is 59.5 Å². The Labute approximate surface area is 235 Å². The molecule has 1 aliphatic heterocycles. The van der Waals surface area contributed by atoms with Crippen LogP contribution in [0.4, 0.5) is 25.1 Å². The first-order valence-electron chi connectivity index (χ1n) is 12.8. The zero-order chi connectivity index (χ0) is 28.5. The van der Waals surface area contributed by atoms with Crippen LogP contribution in [-0.4, -0.2) is 63.2 Å². The van der Waals surface area contributed by atoms with Crippen molar-refractivity contribution in [2.45, 2.75) is 41.9 Å². The van der Waals surface area contributed by atoms with Gasteiger partial charge in [0.1, 0.15) is 10.6 Å². The summed E-state index contributed by atoms with van der Waals surface area (Å²) in [5, 5.41) is 5.02. The second-order valence-electron chi connectivity index (χ2n) is 9.81. The zero-order valence-electron chi connectivity index (χ0n) is 21.6. The summed E-state index contributed by atoms with van der Waals surface area (Å²) in [5.74, 6) is 0.930. The number of halogens is 3. The first-order valence-corrected chi connectivity index (χ1v) is 14.6. The van der Waals surface area contributed by atoms with Crippen molar-refractivity contribution in [1.82, 2.24) is 15.3 Å². The molecule has 13 heteroatoms. The number of ether oxygens (including phenoxy) is 1. The molecule has 0 radical (unpaired) electrons. The number of sulfone groups is 1. The van der Waals surface area contributed by atoms with Crippen molar-refractivity contribution in [3.63, 3.8) is 0 Å². The van der Waals surface area contributed by atoms with Crippen LogP contribution < -0.4 is 15.5 Å². The van der Waals surface area contributed by atoms with Crippen LogP contribution in [0.25, 0.3) is 11.4 Å². The molecule has 3 aromatic rings. The highest BCUT2D eigenvalue weighted by atomic mass is 35.5. The average molecular weight is 592 g/mol. The maximum absolute atomic E-state index is 13.8. The lowest BCUT2D eigenvalue weighted by atomic mass is 10.1. The monoisotopic (exact) mass is 591 g/mol. The van der Waals surface area contributed by atoms with Gasteiger partial charge in [-0.05, 0) is 68.3 Å². The van der Waals surface area contributed by atoms with E-state index in [1.165, 1.54) is 12.1 Å². The molecule has 1 atom stereocenters. The number of nitrogens with zero attached hydrogens (tertiary/aromatic N) is 3.